The van der Waals surface area contributed by atoms with Crippen LogP contribution in [0.15, 0.2) is 0 Å². The largest absolute Gasteiger partial charge is 0.387 e. The molecule has 18 heavy (non-hydrogen) atoms. The van der Waals surface area contributed by atoms with Crippen LogP contribution in [0.3, 0.4) is 0 Å². The molecule has 1 fully saturated rings. The molecule has 0 saturated carbocycles. The number of nitrogens with two attached hydrogens (primary N) is 1. The third kappa shape index (κ3) is 4.60. The summed E-state index contributed by atoms with van der Waals surface area (Å²) in [6.45, 7) is 12.5. The normalized spacial score (nSPS) is 19.4. The maximum Gasteiger partial charge on any atom is 0.0963 e. The standard InChI is InChI=1S/C15H31N3/c1-12(2)13-6-10-18(11-7-13)9-5-8-15(3,4)14(16)17/h12-13H,5-11H2,1-4H3,(H3,16,17). The number of hydrogen-bond acceptors (Lipinski definition) is 2. The molecule has 3 N–H and O–H groups in total. The molecule has 0 bridgehead atoms. The van der Waals surface area contributed by atoms with Crippen LogP contribution in [-0.2, 0) is 0 Å². The molecule has 3 heteroatoms. The van der Waals surface area contributed by atoms with Gasteiger partial charge in [-0.1, -0.05) is 27.7 Å². The van der Waals surface area contributed by atoms with E-state index in [4.69, 9.17) is 11.1 Å². The lowest BCUT2D eigenvalue weighted by atomic mass is 9.85. The minimum Gasteiger partial charge on any atom is -0.387 e. The Hall–Kier alpha value is -0.570. The maximum atomic E-state index is 7.56. The predicted molar refractivity (Wildman–Crippen MR) is 78.9 cm³/mol. The van der Waals surface area contributed by atoms with E-state index in [1.54, 1.807) is 0 Å². The molecule has 0 aromatic heterocycles. The Morgan fingerprint density at radius 2 is 1.89 bits per heavy atom. The van der Waals surface area contributed by atoms with E-state index in [9.17, 15) is 0 Å². The zero-order valence-electron chi connectivity index (χ0n) is 12.6. The molecule has 1 saturated heterocycles. The molecule has 0 radical (unpaired) electrons. The van der Waals surface area contributed by atoms with Gasteiger partial charge in [0.1, 0.15) is 0 Å². The Bertz CT molecular complexity index is 263. The fraction of sp³-hybridized carbons (Fsp3) is 0.933. The lowest BCUT2D eigenvalue weighted by Gasteiger charge is -2.34. The first-order valence-corrected chi connectivity index (χ1v) is 7.40. The molecule has 0 aromatic carbocycles. The molecule has 1 heterocycles. The zero-order valence-corrected chi connectivity index (χ0v) is 12.6. The Morgan fingerprint density at radius 3 is 2.33 bits per heavy atom. The molecule has 0 amide bonds. The lowest BCUT2D eigenvalue weighted by Crippen LogP contribution is -2.37. The van der Waals surface area contributed by atoms with Crippen molar-refractivity contribution in [1.82, 2.24) is 4.90 Å². The van der Waals surface area contributed by atoms with E-state index >= 15 is 0 Å². The summed E-state index contributed by atoms with van der Waals surface area (Å²) in [7, 11) is 0. The summed E-state index contributed by atoms with van der Waals surface area (Å²) in [6.07, 6.45) is 4.88. The van der Waals surface area contributed by atoms with Gasteiger partial charge < -0.3 is 10.6 Å². The molecule has 1 aliphatic heterocycles. The molecule has 106 valence electrons. The molecule has 1 aliphatic rings. The van der Waals surface area contributed by atoms with Crippen LogP contribution in [0.25, 0.3) is 0 Å². The first kappa shape index (κ1) is 15.5. The molecule has 0 aromatic rings. The van der Waals surface area contributed by atoms with Crippen molar-refractivity contribution in [2.75, 3.05) is 19.6 Å². The Labute approximate surface area is 113 Å². The minimum absolute atomic E-state index is 0.129. The zero-order chi connectivity index (χ0) is 13.8. The van der Waals surface area contributed by atoms with Gasteiger partial charge in [-0.15, -0.1) is 0 Å². The third-order valence-electron chi connectivity index (χ3n) is 4.58. The Morgan fingerprint density at radius 1 is 1.33 bits per heavy atom. The molecule has 1 rings (SSSR count). The second-order valence-corrected chi connectivity index (χ2v) is 6.82. The second kappa shape index (κ2) is 6.55. The van der Waals surface area contributed by atoms with E-state index in [1.165, 1.54) is 32.5 Å². The number of piperidine rings is 1. The van der Waals surface area contributed by atoms with Crippen molar-refractivity contribution in [3.63, 3.8) is 0 Å². The van der Waals surface area contributed by atoms with Crippen molar-refractivity contribution in [2.45, 2.75) is 53.4 Å². The van der Waals surface area contributed by atoms with Crippen LogP contribution < -0.4 is 5.73 Å². The summed E-state index contributed by atoms with van der Waals surface area (Å²) in [6, 6.07) is 0. The number of amidine groups is 1. The molecule has 0 spiro atoms. The fourth-order valence-corrected chi connectivity index (χ4v) is 2.72. The van der Waals surface area contributed by atoms with Crippen molar-refractivity contribution < 1.29 is 0 Å². The van der Waals surface area contributed by atoms with E-state index in [0.717, 1.165) is 24.7 Å². The first-order chi connectivity index (χ1) is 8.33. The van der Waals surface area contributed by atoms with Crippen LogP contribution in [0.5, 0.6) is 0 Å². The Balaban J connectivity index is 2.21. The SMILES string of the molecule is CC(C)C1CCN(CCCC(C)(C)C(=N)N)CC1. The fourth-order valence-electron chi connectivity index (χ4n) is 2.72. The van der Waals surface area contributed by atoms with Crippen LogP contribution in [0, 0.1) is 22.7 Å². The maximum absolute atomic E-state index is 7.56. The van der Waals surface area contributed by atoms with E-state index in [2.05, 4.69) is 32.6 Å². The van der Waals surface area contributed by atoms with Crippen molar-refractivity contribution in [3.05, 3.63) is 0 Å². The quantitative estimate of drug-likeness (QED) is 0.564. The van der Waals surface area contributed by atoms with Crippen LogP contribution in [0.1, 0.15) is 53.4 Å². The minimum atomic E-state index is -0.129. The highest BCUT2D eigenvalue weighted by Gasteiger charge is 2.23. The van der Waals surface area contributed by atoms with Gasteiger partial charge in [-0.3, -0.25) is 5.41 Å². The van der Waals surface area contributed by atoms with Crippen LogP contribution in [0.4, 0.5) is 0 Å². The van der Waals surface area contributed by atoms with Gasteiger partial charge >= 0.3 is 0 Å². The lowest BCUT2D eigenvalue weighted by molar-refractivity contribution is 0.153. The summed E-state index contributed by atoms with van der Waals surface area (Å²) >= 11 is 0. The first-order valence-electron chi connectivity index (χ1n) is 7.40. The van der Waals surface area contributed by atoms with E-state index < -0.39 is 0 Å². The van der Waals surface area contributed by atoms with Gasteiger partial charge in [0.25, 0.3) is 0 Å². The highest BCUT2D eigenvalue weighted by Crippen LogP contribution is 2.26. The summed E-state index contributed by atoms with van der Waals surface area (Å²) in [4.78, 5) is 2.58. The van der Waals surface area contributed by atoms with Gasteiger partial charge in [-0.25, -0.2) is 0 Å². The highest BCUT2D eigenvalue weighted by molar-refractivity contribution is 5.82. The molecule has 3 nitrogen and oxygen atoms in total. The summed E-state index contributed by atoms with van der Waals surface area (Å²) < 4.78 is 0. The predicted octanol–water partition coefficient (Wildman–Crippen LogP) is 3.10. The van der Waals surface area contributed by atoms with Crippen molar-refractivity contribution >= 4 is 5.84 Å². The number of hydrogen-bond donors (Lipinski definition) is 2. The summed E-state index contributed by atoms with van der Waals surface area (Å²) in [5, 5.41) is 7.56. The van der Waals surface area contributed by atoms with E-state index in [-0.39, 0.29) is 5.41 Å². The molecule has 0 aliphatic carbocycles. The Kier molecular flexibility index (Phi) is 5.64. The number of likely N-dealkylation sites (tertiary alicyclic amines) is 1. The van der Waals surface area contributed by atoms with Gasteiger partial charge in [0.05, 0.1) is 5.84 Å². The smallest absolute Gasteiger partial charge is 0.0963 e. The van der Waals surface area contributed by atoms with E-state index in [0.29, 0.717) is 5.84 Å². The number of nitrogens with one attached hydrogen (secondary N) is 1. The van der Waals surface area contributed by atoms with Gasteiger partial charge in [-0.2, -0.15) is 0 Å². The third-order valence-corrected chi connectivity index (χ3v) is 4.58. The summed E-state index contributed by atoms with van der Waals surface area (Å²) in [5.41, 5.74) is 5.48. The molecular formula is C15H31N3. The van der Waals surface area contributed by atoms with Gasteiger partial charge in [0.15, 0.2) is 0 Å². The number of rotatable bonds is 6. The van der Waals surface area contributed by atoms with Gasteiger partial charge in [-0.05, 0) is 57.2 Å². The van der Waals surface area contributed by atoms with Gasteiger partial charge in [0.2, 0.25) is 0 Å². The van der Waals surface area contributed by atoms with Gasteiger partial charge in [0, 0.05) is 5.41 Å². The average Bonchev–Trinajstić information content (AvgIpc) is 2.29. The van der Waals surface area contributed by atoms with Crippen LogP contribution in [-0.4, -0.2) is 30.4 Å². The highest BCUT2D eigenvalue weighted by atomic mass is 15.1. The van der Waals surface area contributed by atoms with Crippen LogP contribution >= 0.6 is 0 Å². The second-order valence-electron chi connectivity index (χ2n) is 6.82. The molecule has 0 unspecified atom stereocenters. The average molecular weight is 253 g/mol. The van der Waals surface area contributed by atoms with Crippen molar-refractivity contribution in [2.24, 2.45) is 23.0 Å². The van der Waals surface area contributed by atoms with Crippen LogP contribution in [0.2, 0.25) is 0 Å². The molecular weight excluding hydrogens is 222 g/mol. The monoisotopic (exact) mass is 253 g/mol. The topological polar surface area (TPSA) is 53.1 Å². The van der Waals surface area contributed by atoms with Crippen molar-refractivity contribution in [3.8, 4) is 0 Å². The molecule has 0 atom stereocenters. The summed E-state index contributed by atoms with van der Waals surface area (Å²) in [5.74, 6) is 2.08. The van der Waals surface area contributed by atoms with E-state index in [1.807, 2.05) is 0 Å². The van der Waals surface area contributed by atoms with Crippen molar-refractivity contribution in [1.29, 1.82) is 5.41 Å². The number of nitrogens with zero attached hydrogens (tertiary/aromatic N) is 1.